The number of hydrogen-bond donors (Lipinski definition) is 2. The Hall–Kier alpha value is -1.10. The predicted molar refractivity (Wildman–Crippen MR) is 62.0 cm³/mol. The molecule has 0 radical (unpaired) electrons. The van der Waals surface area contributed by atoms with Gasteiger partial charge in [0.2, 0.25) is 11.8 Å². The van der Waals surface area contributed by atoms with Crippen LogP contribution in [0.5, 0.6) is 0 Å². The maximum Gasteiger partial charge on any atom is 0.245 e. The highest BCUT2D eigenvalue weighted by Gasteiger charge is 2.19. The first-order chi connectivity index (χ1) is 7.38. The van der Waals surface area contributed by atoms with E-state index in [0.29, 0.717) is 13.1 Å². The molecule has 0 fully saturated rings. The molecule has 2 amide bonds. The molecule has 0 atom stereocenters. The molecule has 0 aromatic rings. The molecule has 94 valence electrons. The van der Waals surface area contributed by atoms with Gasteiger partial charge < -0.3 is 15.4 Å². The largest absolute Gasteiger partial charge is 0.375 e. The van der Waals surface area contributed by atoms with E-state index < -0.39 is 0 Å². The number of nitrogens with one attached hydrogen (secondary N) is 2. The third kappa shape index (κ3) is 7.23. The summed E-state index contributed by atoms with van der Waals surface area (Å²) in [6.07, 6.45) is 0.720. The first-order valence-corrected chi connectivity index (χ1v) is 5.42. The number of amides is 2. The van der Waals surface area contributed by atoms with Crippen LogP contribution in [0.15, 0.2) is 0 Å². The van der Waals surface area contributed by atoms with Crippen LogP contribution in [0.25, 0.3) is 0 Å². The molecule has 0 spiro atoms. The quantitative estimate of drug-likeness (QED) is 0.645. The second-order valence-corrected chi connectivity index (χ2v) is 4.64. The highest BCUT2D eigenvalue weighted by atomic mass is 16.5. The molecule has 0 aliphatic carbocycles. The Morgan fingerprint density at radius 1 is 1.12 bits per heavy atom. The van der Waals surface area contributed by atoms with E-state index in [4.69, 9.17) is 0 Å². The summed E-state index contributed by atoms with van der Waals surface area (Å²) in [6.45, 7) is 6.79. The van der Waals surface area contributed by atoms with Gasteiger partial charge in [-0.25, -0.2) is 0 Å². The van der Waals surface area contributed by atoms with Gasteiger partial charge in [-0.3, -0.25) is 9.59 Å². The van der Waals surface area contributed by atoms with Crippen LogP contribution in [-0.2, 0) is 14.3 Å². The van der Waals surface area contributed by atoms with E-state index in [9.17, 15) is 9.59 Å². The topological polar surface area (TPSA) is 67.4 Å². The van der Waals surface area contributed by atoms with Gasteiger partial charge in [-0.2, -0.15) is 0 Å². The molecule has 16 heavy (non-hydrogen) atoms. The zero-order chi connectivity index (χ0) is 12.6. The van der Waals surface area contributed by atoms with Crippen LogP contribution in [0.1, 0.15) is 27.2 Å². The molecule has 0 heterocycles. The normalized spacial score (nSPS) is 11.0. The minimum Gasteiger partial charge on any atom is -0.375 e. The van der Waals surface area contributed by atoms with Gasteiger partial charge in [0, 0.05) is 25.6 Å². The van der Waals surface area contributed by atoms with Crippen molar-refractivity contribution in [3.05, 3.63) is 0 Å². The molecule has 0 saturated carbocycles. The average molecular weight is 230 g/mol. The first-order valence-electron chi connectivity index (χ1n) is 5.42. The maximum absolute atomic E-state index is 11.4. The maximum atomic E-state index is 11.4. The van der Waals surface area contributed by atoms with Gasteiger partial charge in [0.1, 0.15) is 6.61 Å². The first kappa shape index (κ1) is 14.9. The van der Waals surface area contributed by atoms with E-state index in [1.54, 1.807) is 0 Å². The monoisotopic (exact) mass is 230 g/mol. The Bertz CT molecular complexity index is 234. The van der Waals surface area contributed by atoms with Gasteiger partial charge in [0.15, 0.2) is 0 Å². The molecular weight excluding hydrogens is 208 g/mol. The zero-order valence-electron chi connectivity index (χ0n) is 10.6. The number of hydrogen-bond acceptors (Lipinski definition) is 3. The van der Waals surface area contributed by atoms with E-state index >= 15 is 0 Å². The minimum absolute atomic E-state index is 0.0238. The lowest BCUT2D eigenvalue weighted by Gasteiger charge is -2.17. The molecule has 0 bridgehead atoms. The van der Waals surface area contributed by atoms with Crippen LogP contribution >= 0.6 is 0 Å². The Morgan fingerprint density at radius 2 is 1.69 bits per heavy atom. The van der Waals surface area contributed by atoms with Crippen LogP contribution in [0.4, 0.5) is 0 Å². The van der Waals surface area contributed by atoms with Crippen molar-refractivity contribution < 1.29 is 14.3 Å². The lowest BCUT2D eigenvalue weighted by molar-refractivity contribution is -0.128. The molecule has 0 unspecified atom stereocenters. The minimum atomic E-state index is -0.362. The molecular formula is C11H22N2O3. The summed E-state index contributed by atoms with van der Waals surface area (Å²) in [5, 5.41) is 5.49. The highest BCUT2D eigenvalue weighted by molar-refractivity contribution is 5.81. The van der Waals surface area contributed by atoms with Gasteiger partial charge in [-0.05, 0) is 6.42 Å². The van der Waals surface area contributed by atoms with E-state index in [0.717, 1.165) is 6.42 Å². The van der Waals surface area contributed by atoms with Gasteiger partial charge in [0.05, 0.1) is 0 Å². The summed E-state index contributed by atoms with van der Waals surface area (Å²) in [7, 11) is 1.48. The van der Waals surface area contributed by atoms with Gasteiger partial charge in [0.25, 0.3) is 0 Å². The number of methoxy groups -OCH3 is 1. The van der Waals surface area contributed by atoms with Crippen LogP contribution in [0.3, 0.4) is 0 Å². The number of rotatable bonds is 6. The average Bonchev–Trinajstić information content (AvgIpc) is 2.16. The van der Waals surface area contributed by atoms with E-state index in [-0.39, 0.29) is 23.8 Å². The van der Waals surface area contributed by atoms with Crippen molar-refractivity contribution in [1.29, 1.82) is 0 Å². The molecule has 0 aliphatic heterocycles. The van der Waals surface area contributed by atoms with Crippen LogP contribution in [-0.4, -0.2) is 38.6 Å². The molecule has 0 aliphatic rings. The fraction of sp³-hybridized carbons (Fsp3) is 0.818. The Kier molecular flexibility index (Phi) is 6.72. The summed E-state index contributed by atoms with van der Waals surface area (Å²) in [5.74, 6) is -0.111. The molecule has 0 saturated heterocycles. The fourth-order valence-corrected chi connectivity index (χ4v) is 0.965. The van der Waals surface area contributed by atoms with Crippen LogP contribution < -0.4 is 10.6 Å². The number of carbonyl (C=O) groups excluding carboxylic acids is 2. The lowest BCUT2D eigenvalue weighted by Crippen LogP contribution is -2.37. The van der Waals surface area contributed by atoms with E-state index in [1.165, 1.54) is 7.11 Å². The number of ether oxygens (including phenoxy) is 1. The number of carbonyl (C=O) groups is 2. The summed E-state index contributed by atoms with van der Waals surface area (Å²) in [6, 6.07) is 0. The lowest BCUT2D eigenvalue weighted by atomic mass is 9.96. The van der Waals surface area contributed by atoms with Crippen LogP contribution in [0, 0.1) is 5.41 Å². The molecule has 5 heteroatoms. The van der Waals surface area contributed by atoms with Crippen molar-refractivity contribution in [1.82, 2.24) is 10.6 Å². The van der Waals surface area contributed by atoms with Crippen molar-refractivity contribution in [3.8, 4) is 0 Å². The summed E-state index contributed by atoms with van der Waals surface area (Å²) >= 11 is 0. The van der Waals surface area contributed by atoms with Crippen molar-refractivity contribution in [2.75, 3.05) is 26.8 Å². The third-order valence-corrected chi connectivity index (χ3v) is 1.92. The third-order valence-electron chi connectivity index (χ3n) is 1.92. The standard InChI is InChI=1S/C11H22N2O3/c1-11(2,3)10(15)13-7-5-6-12-9(14)8-16-4/h5-8H2,1-4H3,(H,12,14)(H,13,15). The fourth-order valence-electron chi connectivity index (χ4n) is 0.965. The van der Waals surface area contributed by atoms with Crippen molar-refractivity contribution in [2.24, 2.45) is 5.41 Å². The van der Waals surface area contributed by atoms with E-state index in [1.807, 2.05) is 20.8 Å². The predicted octanol–water partition coefficient (Wildman–Crippen LogP) is 0.301. The van der Waals surface area contributed by atoms with Crippen molar-refractivity contribution in [3.63, 3.8) is 0 Å². The van der Waals surface area contributed by atoms with Crippen LogP contribution in [0.2, 0.25) is 0 Å². The summed E-state index contributed by atoms with van der Waals surface area (Å²) in [4.78, 5) is 22.4. The van der Waals surface area contributed by atoms with Crippen molar-refractivity contribution >= 4 is 11.8 Å². The van der Waals surface area contributed by atoms with Gasteiger partial charge in [-0.1, -0.05) is 20.8 Å². The Balaban J connectivity index is 3.48. The highest BCUT2D eigenvalue weighted by Crippen LogP contribution is 2.11. The van der Waals surface area contributed by atoms with Gasteiger partial charge >= 0.3 is 0 Å². The zero-order valence-corrected chi connectivity index (χ0v) is 10.6. The second-order valence-electron chi connectivity index (χ2n) is 4.64. The Morgan fingerprint density at radius 3 is 2.19 bits per heavy atom. The smallest absolute Gasteiger partial charge is 0.245 e. The molecule has 0 aromatic heterocycles. The molecule has 0 aromatic carbocycles. The van der Waals surface area contributed by atoms with E-state index in [2.05, 4.69) is 15.4 Å². The summed E-state index contributed by atoms with van der Waals surface area (Å²) < 4.78 is 4.66. The molecule has 2 N–H and O–H groups in total. The molecule has 5 nitrogen and oxygen atoms in total. The second kappa shape index (κ2) is 7.22. The SMILES string of the molecule is COCC(=O)NCCCNC(=O)C(C)(C)C. The van der Waals surface area contributed by atoms with Gasteiger partial charge in [-0.15, -0.1) is 0 Å². The molecule has 0 rings (SSSR count). The van der Waals surface area contributed by atoms with Crippen molar-refractivity contribution in [2.45, 2.75) is 27.2 Å². The Labute approximate surface area is 96.9 Å². The summed E-state index contributed by atoms with van der Waals surface area (Å²) in [5.41, 5.74) is -0.362.